The van der Waals surface area contributed by atoms with E-state index in [1.54, 1.807) is 26.4 Å². The van der Waals surface area contributed by atoms with Gasteiger partial charge in [0, 0.05) is 41.9 Å². The van der Waals surface area contributed by atoms with Crippen LogP contribution in [0.15, 0.2) is 23.0 Å². The summed E-state index contributed by atoms with van der Waals surface area (Å²) < 4.78 is 30.1. The second kappa shape index (κ2) is 8.67. The molecule has 0 amide bonds. The van der Waals surface area contributed by atoms with Gasteiger partial charge in [0.25, 0.3) is 0 Å². The molecular formula is C32H42O10. The monoisotopic (exact) mass is 586 g/mol. The smallest absolute Gasteiger partial charge is 0.310 e. The third-order valence-electron chi connectivity index (χ3n) is 12.8. The Bertz CT molecular complexity index is 1320. The molecule has 1 spiro atoms. The van der Waals surface area contributed by atoms with Crippen LogP contribution in [0.4, 0.5) is 0 Å². The molecule has 4 aliphatic carbocycles. The van der Waals surface area contributed by atoms with Gasteiger partial charge in [0.15, 0.2) is 0 Å². The standard InChI is InChI=1S/C32H42O10/c1-15(2)26(37)41-27-29(5)20-10-21(35)30(6)25(31(20,14-39-27)22(36)11-23(29)40-16(3)33)19(34)12-28(4)18(17-7-8-38-13-17)9-24-32(28,30)42-24/h7-8,13,15,18,20-25,27,35-36H,9-12,14H2,1-6H3. The highest BCUT2D eigenvalue weighted by molar-refractivity contribution is 5.87. The van der Waals surface area contributed by atoms with Gasteiger partial charge in [-0.05, 0) is 43.2 Å². The van der Waals surface area contributed by atoms with Crippen molar-refractivity contribution in [3.05, 3.63) is 24.2 Å². The Hall–Kier alpha value is -2.27. The molecule has 1 aromatic rings. The van der Waals surface area contributed by atoms with Crippen molar-refractivity contribution in [2.75, 3.05) is 6.61 Å². The Kier molecular flexibility index (Phi) is 5.88. The van der Waals surface area contributed by atoms with Crippen LogP contribution in [0.2, 0.25) is 0 Å². The second-order valence-corrected chi connectivity index (χ2v) is 14.8. The first-order valence-corrected chi connectivity index (χ1v) is 15.3. The van der Waals surface area contributed by atoms with E-state index in [0.717, 1.165) is 5.56 Å². The number of furan rings is 1. The van der Waals surface area contributed by atoms with Crippen molar-refractivity contribution >= 4 is 17.7 Å². The number of aliphatic hydroxyl groups is 2. The summed E-state index contributed by atoms with van der Waals surface area (Å²) in [5.74, 6) is -2.75. The van der Waals surface area contributed by atoms with Gasteiger partial charge in [0.1, 0.15) is 17.5 Å². The number of epoxide rings is 1. The molecule has 0 radical (unpaired) electrons. The van der Waals surface area contributed by atoms with Crippen molar-refractivity contribution in [3.8, 4) is 0 Å². The van der Waals surface area contributed by atoms with Crippen molar-refractivity contribution in [2.24, 2.45) is 39.4 Å². The molecule has 2 aliphatic heterocycles. The third-order valence-corrected chi connectivity index (χ3v) is 12.8. The first-order valence-electron chi connectivity index (χ1n) is 15.3. The van der Waals surface area contributed by atoms with Gasteiger partial charge in [0.2, 0.25) is 6.29 Å². The Morgan fingerprint density at radius 1 is 1.07 bits per heavy atom. The molecule has 13 unspecified atom stereocenters. The maximum absolute atomic E-state index is 14.7. The zero-order valence-corrected chi connectivity index (χ0v) is 25.1. The van der Waals surface area contributed by atoms with E-state index >= 15 is 0 Å². The van der Waals surface area contributed by atoms with Crippen LogP contribution in [0.1, 0.15) is 78.7 Å². The molecule has 3 heterocycles. The lowest BCUT2D eigenvalue weighted by atomic mass is 9.33. The molecule has 7 rings (SSSR count). The van der Waals surface area contributed by atoms with E-state index in [9.17, 15) is 24.6 Å². The molecular weight excluding hydrogens is 544 g/mol. The van der Waals surface area contributed by atoms with Gasteiger partial charge >= 0.3 is 11.9 Å². The lowest BCUT2D eigenvalue weighted by Crippen LogP contribution is -2.80. The normalized spacial score (nSPS) is 52.1. The number of aliphatic hydroxyl groups excluding tert-OH is 2. The number of esters is 2. The van der Waals surface area contributed by atoms with Crippen molar-refractivity contribution < 1.29 is 48.0 Å². The van der Waals surface area contributed by atoms with E-state index in [1.807, 2.05) is 19.9 Å². The summed E-state index contributed by atoms with van der Waals surface area (Å²) >= 11 is 0. The molecule has 2 N–H and O–H groups in total. The molecule has 42 heavy (non-hydrogen) atoms. The van der Waals surface area contributed by atoms with E-state index in [0.29, 0.717) is 6.42 Å². The van der Waals surface area contributed by atoms with Crippen molar-refractivity contribution in [2.45, 2.75) is 109 Å². The van der Waals surface area contributed by atoms with Crippen LogP contribution in [0.3, 0.4) is 0 Å². The van der Waals surface area contributed by atoms with Crippen LogP contribution < -0.4 is 0 Å². The summed E-state index contributed by atoms with van der Waals surface area (Å²) in [6, 6.07) is 1.94. The summed E-state index contributed by atoms with van der Waals surface area (Å²) in [6.07, 6.45) is 0.474. The van der Waals surface area contributed by atoms with Gasteiger partial charge in [0.05, 0.1) is 48.8 Å². The average molecular weight is 587 g/mol. The fraction of sp³-hybridized carbons (Fsp3) is 0.781. The summed E-state index contributed by atoms with van der Waals surface area (Å²) in [5, 5.41) is 24.3. The maximum atomic E-state index is 14.7. The number of Topliss-reactive ketones (excluding diaryl/α,β-unsaturated/α-hetero) is 1. The van der Waals surface area contributed by atoms with E-state index in [4.69, 9.17) is 23.4 Å². The van der Waals surface area contributed by atoms with E-state index < -0.39 is 81.6 Å². The molecule has 230 valence electrons. The first-order chi connectivity index (χ1) is 19.7. The molecule has 2 bridgehead atoms. The molecule has 6 fully saturated rings. The molecule has 2 saturated heterocycles. The lowest BCUT2D eigenvalue weighted by Gasteiger charge is -2.72. The lowest BCUT2D eigenvalue weighted by molar-refractivity contribution is -0.372. The van der Waals surface area contributed by atoms with Gasteiger partial charge in [-0.3, -0.25) is 14.4 Å². The highest BCUT2D eigenvalue weighted by Gasteiger charge is 2.90. The van der Waals surface area contributed by atoms with E-state index in [1.165, 1.54) is 6.92 Å². The van der Waals surface area contributed by atoms with Crippen LogP contribution in [-0.4, -0.2) is 70.8 Å². The summed E-state index contributed by atoms with van der Waals surface area (Å²) in [5.41, 5.74) is -3.57. The molecule has 10 nitrogen and oxygen atoms in total. The highest BCUT2D eigenvalue weighted by atomic mass is 16.7. The maximum Gasteiger partial charge on any atom is 0.310 e. The van der Waals surface area contributed by atoms with Crippen LogP contribution in [-0.2, 0) is 33.3 Å². The molecule has 6 aliphatic rings. The highest BCUT2D eigenvalue weighted by Crippen LogP contribution is 2.82. The number of ether oxygens (including phenoxy) is 4. The number of rotatable bonds is 4. The molecule has 10 heteroatoms. The zero-order chi connectivity index (χ0) is 30.2. The SMILES string of the molecule is CC(=O)OC1CC(O)C23COC(OC(=O)C(C)C)C1(C)C2CC(O)C1(C)C3C(=O)CC2(C)C(c3ccoc3)CC3OC321. The second-order valence-electron chi connectivity index (χ2n) is 14.8. The predicted molar refractivity (Wildman–Crippen MR) is 144 cm³/mol. The average Bonchev–Trinajstić information content (AvgIpc) is 3.27. The fourth-order valence-corrected chi connectivity index (χ4v) is 11.1. The summed E-state index contributed by atoms with van der Waals surface area (Å²) in [7, 11) is 0. The summed E-state index contributed by atoms with van der Waals surface area (Å²) in [4.78, 5) is 39.8. The molecule has 4 saturated carbocycles. The fourth-order valence-electron chi connectivity index (χ4n) is 11.1. The quantitative estimate of drug-likeness (QED) is 0.399. The number of hydrogen-bond acceptors (Lipinski definition) is 10. The third kappa shape index (κ3) is 3.07. The molecule has 1 aromatic heterocycles. The number of hydrogen-bond donors (Lipinski definition) is 2. The summed E-state index contributed by atoms with van der Waals surface area (Å²) in [6.45, 7) is 10.6. The van der Waals surface area contributed by atoms with Crippen LogP contribution >= 0.6 is 0 Å². The van der Waals surface area contributed by atoms with Crippen molar-refractivity contribution in [3.63, 3.8) is 0 Å². The van der Waals surface area contributed by atoms with Gasteiger partial charge < -0.3 is 33.6 Å². The minimum Gasteiger partial charge on any atom is -0.472 e. The number of carbonyl (C=O) groups is 3. The minimum atomic E-state index is -1.12. The number of ketones is 1. The van der Waals surface area contributed by atoms with Crippen molar-refractivity contribution in [1.82, 2.24) is 0 Å². The Labute approximate surface area is 245 Å². The predicted octanol–water partition coefficient (Wildman–Crippen LogP) is 3.13. The van der Waals surface area contributed by atoms with Crippen LogP contribution in [0.25, 0.3) is 0 Å². The van der Waals surface area contributed by atoms with Crippen LogP contribution in [0.5, 0.6) is 0 Å². The van der Waals surface area contributed by atoms with Crippen LogP contribution in [0, 0.1) is 39.4 Å². The van der Waals surface area contributed by atoms with Gasteiger partial charge in [-0.15, -0.1) is 0 Å². The molecule has 0 aromatic carbocycles. The first kappa shape index (κ1) is 28.5. The van der Waals surface area contributed by atoms with Gasteiger partial charge in [-0.25, -0.2) is 0 Å². The van der Waals surface area contributed by atoms with E-state index in [-0.39, 0.29) is 43.7 Å². The largest absolute Gasteiger partial charge is 0.472 e. The zero-order valence-electron chi connectivity index (χ0n) is 25.1. The van der Waals surface area contributed by atoms with Crippen molar-refractivity contribution in [1.29, 1.82) is 0 Å². The Balaban J connectivity index is 1.36. The van der Waals surface area contributed by atoms with Gasteiger partial charge in [-0.2, -0.15) is 0 Å². The number of fused-ring (bicyclic) bond motifs is 1. The van der Waals surface area contributed by atoms with Gasteiger partial charge in [-0.1, -0.05) is 27.7 Å². The Morgan fingerprint density at radius 3 is 2.45 bits per heavy atom. The minimum absolute atomic E-state index is 0.0245. The number of carbonyl (C=O) groups excluding carboxylic acids is 3. The topological polar surface area (TPSA) is 145 Å². The molecule has 13 atom stereocenters. The van der Waals surface area contributed by atoms with E-state index in [2.05, 4.69) is 6.92 Å². The Morgan fingerprint density at radius 2 is 1.81 bits per heavy atom.